The molecule has 20 heavy (non-hydrogen) atoms. The molecule has 0 N–H and O–H groups in total. The number of carbonyl (C=O) groups excluding carboxylic acids is 1. The van der Waals surface area contributed by atoms with Crippen LogP contribution in [0, 0.1) is 0 Å². The molecule has 0 radical (unpaired) electrons. The molecule has 0 unspecified atom stereocenters. The van der Waals surface area contributed by atoms with Gasteiger partial charge in [-0.1, -0.05) is 54.6 Å². The number of nitrogens with zero attached hydrogens (tertiary/aromatic N) is 1. The first-order chi connectivity index (χ1) is 9.84. The van der Waals surface area contributed by atoms with Crippen LogP contribution in [-0.2, 0) is 4.79 Å². The molecule has 2 aromatic carbocycles. The Morgan fingerprint density at radius 3 is 2.15 bits per heavy atom. The van der Waals surface area contributed by atoms with Crippen LogP contribution in [0.5, 0.6) is 0 Å². The molecular weight excluding hydrogens is 246 g/mol. The van der Waals surface area contributed by atoms with Gasteiger partial charge in [0.15, 0.2) is 0 Å². The molecular formula is C18H17NO. The second-order valence-corrected chi connectivity index (χ2v) is 4.94. The summed E-state index contributed by atoms with van der Waals surface area (Å²) in [6.45, 7) is 0.646. The number of benzene rings is 2. The minimum Gasteiger partial charge on any atom is -0.309 e. The van der Waals surface area contributed by atoms with E-state index in [-0.39, 0.29) is 5.91 Å². The summed E-state index contributed by atoms with van der Waals surface area (Å²) in [7, 11) is 0. The van der Waals surface area contributed by atoms with Crippen molar-refractivity contribution in [1.82, 2.24) is 0 Å². The van der Waals surface area contributed by atoms with Gasteiger partial charge in [-0.05, 0) is 29.7 Å². The van der Waals surface area contributed by atoms with Gasteiger partial charge in [0.1, 0.15) is 0 Å². The molecule has 0 fully saturated rings. The van der Waals surface area contributed by atoms with E-state index in [1.807, 2.05) is 53.4 Å². The van der Waals surface area contributed by atoms with Crippen LogP contribution < -0.4 is 4.90 Å². The quantitative estimate of drug-likeness (QED) is 0.804. The summed E-state index contributed by atoms with van der Waals surface area (Å²) >= 11 is 0. The van der Waals surface area contributed by atoms with Gasteiger partial charge < -0.3 is 4.90 Å². The minimum atomic E-state index is 0.193. The first-order valence-electron chi connectivity index (χ1n) is 6.94. The standard InChI is InChI=1S/C18H17NO/c20-18-12-11-16(15-7-3-1-4-8-15)13-14-19(18)17-9-5-2-6-10-17/h1-10,13H,11-12,14H2. The second-order valence-electron chi connectivity index (χ2n) is 4.94. The van der Waals surface area contributed by atoms with E-state index in [1.54, 1.807) is 0 Å². The Morgan fingerprint density at radius 2 is 1.45 bits per heavy atom. The Labute approximate surface area is 119 Å². The molecule has 1 aliphatic heterocycles. The molecule has 0 saturated heterocycles. The Kier molecular flexibility index (Phi) is 3.64. The summed E-state index contributed by atoms with van der Waals surface area (Å²) in [5.74, 6) is 0.193. The Morgan fingerprint density at radius 1 is 0.800 bits per heavy atom. The fraction of sp³-hybridized carbons (Fsp3) is 0.167. The zero-order chi connectivity index (χ0) is 13.8. The molecule has 2 heteroatoms. The van der Waals surface area contributed by atoms with Crippen LogP contribution in [0.4, 0.5) is 5.69 Å². The highest BCUT2D eigenvalue weighted by Gasteiger charge is 2.18. The molecule has 2 nitrogen and oxygen atoms in total. The van der Waals surface area contributed by atoms with Crippen LogP contribution in [0.15, 0.2) is 66.7 Å². The average Bonchev–Trinajstić information content (AvgIpc) is 2.71. The van der Waals surface area contributed by atoms with E-state index >= 15 is 0 Å². The third-order valence-corrected chi connectivity index (χ3v) is 3.64. The first-order valence-corrected chi connectivity index (χ1v) is 6.94. The van der Waals surface area contributed by atoms with Gasteiger partial charge in [-0.25, -0.2) is 0 Å². The molecule has 2 aromatic rings. The van der Waals surface area contributed by atoms with Crippen molar-refractivity contribution in [3.8, 4) is 0 Å². The summed E-state index contributed by atoms with van der Waals surface area (Å²) < 4.78 is 0. The molecule has 1 heterocycles. The molecule has 0 saturated carbocycles. The lowest BCUT2D eigenvalue weighted by atomic mass is 10.0. The van der Waals surface area contributed by atoms with Gasteiger partial charge in [0.25, 0.3) is 0 Å². The van der Waals surface area contributed by atoms with Gasteiger partial charge in [-0.3, -0.25) is 4.79 Å². The molecule has 0 aliphatic carbocycles. The van der Waals surface area contributed by atoms with E-state index < -0.39 is 0 Å². The number of hydrogen-bond donors (Lipinski definition) is 0. The van der Waals surface area contributed by atoms with Crippen LogP contribution in [0.1, 0.15) is 18.4 Å². The van der Waals surface area contributed by atoms with Crippen molar-refractivity contribution in [3.05, 3.63) is 72.3 Å². The fourth-order valence-electron chi connectivity index (χ4n) is 2.55. The van der Waals surface area contributed by atoms with E-state index in [0.717, 1.165) is 12.1 Å². The van der Waals surface area contributed by atoms with Crippen LogP contribution in [0.2, 0.25) is 0 Å². The van der Waals surface area contributed by atoms with Crippen LogP contribution in [0.3, 0.4) is 0 Å². The monoisotopic (exact) mass is 263 g/mol. The maximum atomic E-state index is 12.3. The molecule has 1 aliphatic rings. The lowest BCUT2D eigenvalue weighted by Crippen LogP contribution is -2.29. The van der Waals surface area contributed by atoms with Gasteiger partial charge in [0, 0.05) is 18.7 Å². The SMILES string of the molecule is O=C1CCC(c2ccccc2)=CCN1c1ccccc1. The number of anilines is 1. The largest absolute Gasteiger partial charge is 0.309 e. The number of carbonyl (C=O) groups is 1. The van der Waals surface area contributed by atoms with Crippen LogP contribution in [0.25, 0.3) is 5.57 Å². The molecule has 0 spiro atoms. The average molecular weight is 263 g/mol. The predicted molar refractivity (Wildman–Crippen MR) is 82.4 cm³/mol. The third kappa shape index (κ3) is 2.64. The fourth-order valence-corrected chi connectivity index (χ4v) is 2.55. The normalized spacial score (nSPS) is 15.7. The predicted octanol–water partition coefficient (Wildman–Crippen LogP) is 3.90. The molecule has 3 rings (SSSR count). The molecule has 0 atom stereocenters. The van der Waals surface area contributed by atoms with Crippen molar-refractivity contribution in [2.75, 3.05) is 11.4 Å². The van der Waals surface area contributed by atoms with E-state index in [0.29, 0.717) is 13.0 Å². The summed E-state index contributed by atoms with van der Waals surface area (Å²) in [5, 5.41) is 0. The number of amides is 1. The molecule has 0 bridgehead atoms. The topological polar surface area (TPSA) is 20.3 Å². The zero-order valence-electron chi connectivity index (χ0n) is 11.3. The van der Waals surface area contributed by atoms with Crippen molar-refractivity contribution in [1.29, 1.82) is 0 Å². The van der Waals surface area contributed by atoms with Gasteiger partial charge in [-0.2, -0.15) is 0 Å². The van der Waals surface area contributed by atoms with E-state index in [4.69, 9.17) is 0 Å². The Hall–Kier alpha value is -2.35. The molecule has 100 valence electrons. The van der Waals surface area contributed by atoms with Crippen molar-refractivity contribution < 1.29 is 4.79 Å². The summed E-state index contributed by atoms with van der Waals surface area (Å²) in [5.41, 5.74) is 3.45. The number of allylic oxidation sites excluding steroid dienone is 1. The highest BCUT2D eigenvalue weighted by Crippen LogP contribution is 2.25. The number of para-hydroxylation sites is 1. The molecule has 1 amide bonds. The Bertz CT molecular complexity index is 616. The minimum absolute atomic E-state index is 0.193. The highest BCUT2D eigenvalue weighted by molar-refractivity contribution is 5.95. The number of rotatable bonds is 2. The van der Waals surface area contributed by atoms with Gasteiger partial charge in [-0.15, -0.1) is 0 Å². The maximum absolute atomic E-state index is 12.3. The second kappa shape index (κ2) is 5.74. The third-order valence-electron chi connectivity index (χ3n) is 3.64. The summed E-state index contributed by atoms with van der Waals surface area (Å²) in [6, 6.07) is 20.2. The van der Waals surface area contributed by atoms with Gasteiger partial charge in [0.2, 0.25) is 5.91 Å². The van der Waals surface area contributed by atoms with Crippen LogP contribution in [-0.4, -0.2) is 12.5 Å². The first kappa shape index (κ1) is 12.7. The van der Waals surface area contributed by atoms with E-state index in [1.165, 1.54) is 11.1 Å². The van der Waals surface area contributed by atoms with Gasteiger partial charge >= 0.3 is 0 Å². The zero-order valence-corrected chi connectivity index (χ0v) is 11.3. The maximum Gasteiger partial charge on any atom is 0.227 e. The highest BCUT2D eigenvalue weighted by atomic mass is 16.2. The van der Waals surface area contributed by atoms with Crippen molar-refractivity contribution in [3.63, 3.8) is 0 Å². The van der Waals surface area contributed by atoms with Crippen molar-refractivity contribution >= 4 is 17.2 Å². The summed E-state index contributed by atoms with van der Waals surface area (Å²) in [6.07, 6.45) is 3.55. The van der Waals surface area contributed by atoms with Crippen molar-refractivity contribution in [2.24, 2.45) is 0 Å². The van der Waals surface area contributed by atoms with Gasteiger partial charge in [0.05, 0.1) is 0 Å². The van der Waals surface area contributed by atoms with Crippen LogP contribution >= 0.6 is 0 Å². The number of hydrogen-bond acceptors (Lipinski definition) is 1. The lowest BCUT2D eigenvalue weighted by molar-refractivity contribution is -0.118. The lowest BCUT2D eigenvalue weighted by Gasteiger charge is -2.19. The van der Waals surface area contributed by atoms with Crippen molar-refractivity contribution in [2.45, 2.75) is 12.8 Å². The van der Waals surface area contributed by atoms with E-state index in [9.17, 15) is 4.79 Å². The molecule has 0 aromatic heterocycles. The smallest absolute Gasteiger partial charge is 0.227 e. The summed E-state index contributed by atoms with van der Waals surface area (Å²) in [4.78, 5) is 14.1. The Balaban J connectivity index is 1.87. The van der Waals surface area contributed by atoms with E-state index in [2.05, 4.69) is 18.2 Å².